The first kappa shape index (κ1) is 25.5. The summed E-state index contributed by atoms with van der Waals surface area (Å²) in [7, 11) is 0. The summed E-state index contributed by atoms with van der Waals surface area (Å²) in [5.41, 5.74) is 3.74. The second-order valence-corrected chi connectivity index (χ2v) is 8.68. The van der Waals surface area contributed by atoms with Crippen molar-refractivity contribution in [3.8, 4) is 11.5 Å². The number of benzene rings is 3. The molecule has 1 N–H and O–H groups in total. The monoisotopic (exact) mass is 560 g/mol. The number of carbonyl (C=O) groups is 2. The number of hydrogen-bond acceptors (Lipinski definition) is 5. The third kappa shape index (κ3) is 7.73. The van der Waals surface area contributed by atoms with E-state index in [0.29, 0.717) is 16.3 Å². The van der Waals surface area contributed by atoms with Gasteiger partial charge in [0.15, 0.2) is 6.10 Å². The summed E-state index contributed by atoms with van der Waals surface area (Å²) in [5.74, 6) is -0.447. The molecule has 3 aromatic carbocycles. The molecular weight excluding hydrogens is 543 g/mol. The van der Waals surface area contributed by atoms with Gasteiger partial charge in [0.05, 0.1) is 11.2 Å². The number of esters is 1. The van der Waals surface area contributed by atoms with Crippen LogP contribution in [0.2, 0.25) is 10.0 Å². The molecular formula is C25H19BrCl2N2O4. The molecule has 6 nitrogen and oxygen atoms in total. The van der Waals surface area contributed by atoms with Gasteiger partial charge in [-0.05, 0) is 55.0 Å². The summed E-state index contributed by atoms with van der Waals surface area (Å²) < 4.78 is 11.7. The first-order valence-corrected chi connectivity index (χ1v) is 11.6. The maximum Gasteiger partial charge on any atom is 0.336 e. The zero-order valence-corrected chi connectivity index (χ0v) is 21.0. The van der Waals surface area contributed by atoms with Crippen LogP contribution in [0.5, 0.6) is 11.5 Å². The Balaban J connectivity index is 1.62. The van der Waals surface area contributed by atoms with Crippen LogP contribution >= 0.6 is 39.1 Å². The fraction of sp³-hybridized carbons (Fsp3) is 0.0800. The zero-order valence-electron chi connectivity index (χ0n) is 17.9. The highest BCUT2D eigenvalue weighted by atomic mass is 79.9. The topological polar surface area (TPSA) is 77.0 Å². The molecule has 9 heteroatoms. The molecule has 0 heterocycles. The molecule has 0 bridgehead atoms. The predicted molar refractivity (Wildman–Crippen MR) is 138 cm³/mol. The van der Waals surface area contributed by atoms with Gasteiger partial charge in [0, 0.05) is 21.1 Å². The Morgan fingerprint density at radius 2 is 1.76 bits per heavy atom. The summed E-state index contributed by atoms with van der Waals surface area (Å²) in [5, 5.41) is 4.70. The first-order chi connectivity index (χ1) is 16.3. The number of carbonyl (C=O) groups excluding carboxylic acids is 2. The molecule has 1 unspecified atom stereocenters. The van der Waals surface area contributed by atoms with E-state index in [0.717, 1.165) is 10.0 Å². The highest BCUT2D eigenvalue weighted by Gasteiger charge is 2.16. The van der Waals surface area contributed by atoms with E-state index in [1.54, 1.807) is 43.3 Å². The maximum atomic E-state index is 12.3. The summed E-state index contributed by atoms with van der Waals surface area (Å²) in [6, 6.07) is 19.1. The van der Waals surface area contributed by atoms with E-state index >= 15 is 0 Å². The minimum absolute atomic E-state index is 0.279. The number of halogens is 3. The molecule has 1 amide bonds. The van der Waals surface area contributed by atoms with Gasteiger partial charge in [0.25, 0.3) is 5.91 Å². The summed E-state index contributed by atoms with van der Waals surface area (Å²) in [4.78, 5) is 24.6. The standard InChI is InChI=1S/C25H19BrCl2N2O4/c1-16(33-23-11-9-20(27)14-21(23)28)25(32)30-29-15-18-13-19(26)8-10-22(18)34-24(31)12-7-17-5-3-2-4-6-17/h2-16H,1H3,(H,30,32)/b12-7+,29-15+. The lowest BCUT2D eigenvalue weighted by Crippen LogP contribution is -2.33. The molecule has 0 aliphatic heterocycles. The average Bonchev–Trinajstić information content (AvgIpc) is 2.81. The van der Waals surface area contributed by atoms with Crippen LogP contribution < -0.4 is 14.9 Å². The van der Waals surface area contributed by atoms with Crippen LogP contribution in [0.4, 0.5) is 0 Å². The average molecular weight is 562 g/mol. The summed E-state index contributed by atoms with van der Waals surface area (Å²) in [6.07, 6.45) is 3.48. The minimum Gasteiger partial charge on any atom is -0.479 e. The normalized spacial score (nSPS) is 12.0. The zero-order chi connectivity index (χ0) is 24.5. The molecule has 0 aromatic heterocycles. The van der Waals surface area contributed by atoms with Crippen molar-refractivity contribution in [1.82, 2.24) is 5.43 Å². The van der Waals surface area contributed by atoms with Crippen molar-refractivity contribution in [3.63, 3.8) is 0 Å². The van der Waals surface area contributed by atoms with Crippen LogP contribution in [0.15, 0.2) is 82.4 Å². The first-order valence-electron chi connectivity index (χ1n) is 10.0. The van der Waals surface area contributed by atoms with Crippen molar-refractivity contribution >= 4 is 63.3 Å². The number of nitrogens with zero attached hydrogens (tertiary/aromatic N) is 1. The Morgan fingerprint density at radius 1 is 1.03 bits per heavy atom. The minimum atomic E-state index is -0.876. The Labute approximate surface area is 215 Å². The lowest BCUT2D eigenvalue weighted by Gasteiger charge is -2.14. The van der Waals surface area contributed by atoms with Gasteiger partial charge in [-0.3, -0.25) is 4.79 Å². The van der Waals surface area contributed by atoms with Crippen molar-refractivity contribution in [2.24, 2.45) is 5.10 Å². The number of amides is 1. The van der Waals surface area contributed by atoms with Crippen LogP contribution in [-0.4, -0.2) is 24.2 Å². The smallest absolute Gasteiger partial charge is 0.336 e. The number of hydrogen-bond donors (Lipinski definition) is 1. The van der Waals surface area contributed by atoms with Crippen LogP contribution in [0.25, 0.3) is 6.08 Å². The van der Waals surface area contributed by atoms with E-state index in [4.69, 9.17) is 32.7 Å². The molecule has 0 saturated carbocycles. The Morgan fingerprint density at radius 3 is 2.50 bits per heavy atom. The third-order valence-electron chi connectivity index (χ3n) is 4.34. The van der Waals surface area contributed by atoms with E-state index < -0.39 is 18.0 Å². The highest BCUT2D eigenvalue weighted by Crippen LogP contribution is 2.28. The van der Waals surface area contributed by atoms with Crippen LogP contribution in [0, 0.1) is 0 Å². The van der Waals surface area contributed by atoms with Gasteiger partial charge < -0.3 is 9.47 Å². The van der Waals surface area contributed by atoms with Crippen LogP contribution in [-0.2, 0) is 9.59 Å². The van der Waals surface area contributed by atoms with E-state index in [9.17, 15) is 9.59 Å². The maximum absolute atomic E-state index is 12.3. The van der Waals surface area contributed by atoms with Crippen molar-refractivity contribution in [2.45, 2.75) is 13.0 Å². The fourth-order valence-electron chi connectivity index (χ4n) is 2.66. The van der Waals surface area contributed by atoms with Gasteiger partial charge in [-0.15, -0.1) is 0 Å². The van der Waals surface area contributed by atoms with Gasteiger partial charge in [-0.25, -0.2) is 10.2 Å². The Kier molecular flexibility index (Phi) is 9.27. The molecule has 0 aliphatic rings. The molecule has 3 aromatic rings. The second-order valence-electron chi connectivity index (χ2n) is 6.92. The molecule has 0 aliphatic carbocycles. The molecule has 34 heavy (non-hydrogen) atoms. The Hall–Kier alpha value is -3.13. The van der Waals surface area contributed by atoms with Crippen molar-refractivity contribution in [3.05, 3.63) is 98.5 Å². The van der Waals surface area contributed by atoms with Crippen molar-refractivity contribution in [2.75, 3.05) is 0 Å². The number of rotatable bonds is 8. The molecule has 0 fully saturated rings. The molecule has 0 spiro atoms. The van der Waals surface area contributed by atoms with Crippen LogP contribution in [0.3, 0.4) is 0 Å². The Bertz CT molecular complexity index is 1230. The van der Waals surface area contributed by atoms with Gasteiger partial charge in [-0.2, -0.15) is 5.10 Å². The second kappa shape index (κ2) is 12.4. The van der Waals surface area contributed by atoms with Gasteiger partial charge in [0.2, 0.25) is 0 Å². The number of hydrazone groups is 1. The molecule has 0 saturated heterocycles. The lowest BCUT2D eigenvalue weighted by molar-refractivity contribution is -0.129. The molecule has 174 valence electrons. The van der Waals surface area contributed by atoms with Gasteiger partial charge >= 0.3 is 5.97 Å². The number of nitrogens with one attached hydrogen (secondary N) is 1. The third-order valence-corrected chi connectivity index (χ3v) is 5.36. The molecule has 0 radical (unpaired) electrons. The van der Waals surface area contributed by atoms with Gasteiger partial charge in [-0.1, -0.05) is 69.5 Å². The molecule has 3 rings (SSSR count). The predicted octanol–water partition coefficient (Wildman–Crippen LogP) is 6.29. The molecule has 1 atom stereocenters. The van der Waals surface area contributed by atoms with E-state index in [-0.39, 0.29) is 10.8 Å². The van der Waals surface area contributed by atoms with Crippen LogP contribution in [0.1, 0.15) is 18.1 Å². The largest absolute Gasteiger partial charge is 0.479 e. The van der Waals surface area contributed by atoms with E-state index in [1.807, 2.05) is 30.3 Å². The fourth-order valence-corrected chi connectivity index (χ4v) is 3.49. The van der Waals surface area contributed by atoms with Crippen molar-refractivity contribution in [1.29, 1.82) is 0 Å². The van der Waals surface area contributed by atoms with Gasteiger partial charge in [0.1, 0.15) is 11.5 Å². The lowest BCUT2D eigenvalue weighted by atomic mass is 10.2. The van der Waals surface area contributed by atoms with E-state index in [1.165, 1.54) is 18.4 Å². The van der Waals surface area contributed by atoms with Crippen molar-refractivity contribution < 1.29 is 19.1 Å². The SMILES string of the molecule is CC(Oc1ccc(Cl)cc1Cl)C(=O)N/N=C/c1cc(Br)ccc1OC(=O)/C=C/c1ccccc1. The quantitative estimate of drug-likeness (QED) is 0.115. The van der Waals surface area contributed by atoms with E-state index in [2.05, 4.69) is 26.5 Å². The highest BCUT2D eigenvalue weighted by molar-refractivity contribution is 9.10. The number of ether oxygens (including phenoxy) is 2. The summed E-state index contributed by atoms with van der Waals surface area (Å²) >= 11 is 15.3. The summed E-state index contributed by atoms with van der Waals surface area (Å²) in [6.45, 7) is 1.56.